The number of halogens is 1. The van der Waals surface area contributed by atoms with Gasteiger partial charge in [0.05, 0.1) is 0 Å². The second kappa shape index (κ2) is 13.3. The standard InChI is InChI=1S/C19H33N.BrH/c1-4-5-6-7-8-9-13-16-19(20(2)3)17-18-14-11-10-12-15-18;/h10-12,14-15,19H,4-9,13,16-17H2,1-3H3;1H. The van der Waals surface area contributed by atoms with E-state index < -0.39 is 0 Å². The van der Waals surface area contributed by atoms with E-state index in [4.69, 9.17) is 0 Å². The van der Waals surface area contributed by atoms with Crippen LogP contribution in [0.5, 0.6) is 0 Å². The van der Waals surface area contributed by atoms with Crippen LogP contribution in [0, 0.1) is 0 Å². The van der Waals surface area contributed by atoms with Crippen molar-refractivity contribution in [2.45, 2.75) is 70.8 Å². The Morgan fingerprint density at radius 3 is 2.00 bits per heavy atom. The molecular weight excluding hydrogens is 322 g/mol. The molecule has 1 unspecified atom stereocenters. The van der Waals surface area contributed by atoms with Gasteiger partial charge in [0.15, 0.2) is 0 Å². The van der Waals surface area contributed by atoms with Crippen LogP contribution in [0.4, 0.5) is 0 Å². The summed E-state index contributed by atoms with van der Waals surface area (Å²) < 4.78 is 0. The first kappa shape index (κ1) is 20.7. The van der Waals surface area contributed by atoms with E-state index in [9.17, 15) is 0 Å². The molecule has 1 rings (SSSR count). The smallest absolute Gasteiger partial charge is 0.0130 e. The van der Waals surface area contributed by atoms with Crippen molar-refractivity contribution in [2.24, 2.45) is 0 Å². The lowest BCUT2D eigenvalue weighted by atomic mass is 9.99. The molecule has 0 saturated carbocycles. The fourth-order valence-electron chi connectivity index (χ4n) is 2.77. The van der Waals surface area contributed by atoms with E-state index in [-0.39, 0.29) is 17.0 Å². The van der Waals surface area contributed by atoms with Gasteiger partial charge in [-0.2, -0.15) is 0 Å². The lowest BCUT2D eigenvalue weighted by Gasteiger charge is -2.24. The number of hydrogen-bond donors (Lipinski definition) is 0. The summed E-state index contributed by atoms with van der Waals surface area (Å²) in [4.78, 5) is 2.39. The molecule has 0 aliphatic heterocycles. The quantitative estimate of drug-likeness (QED) is 0.448. The van der Waals surface area contributed by atoms with Crippen molar-refractivity contribution in [3.63, 3.8) is 0 Å². The number of nitrogens with zero attached hydrogens (tertiary/aromatic N) is 1. The topological polar surface area (TPSA) is 3.24 Å². The first-order chi connectivity index (χ1) is 9.74. The molecule has 21 heavy (non-hydrogen) atoms. The third-order valence-corrected chi connectivity index (χ3v) is 4.19. The van der Waals surface area contributed by atoms with E-state index in [1.807, 2.05) is 0 Å². The molecule has 1 atom stereocenters. The van der Waals surface area contributed by atoms with E-state index in [1.54, 1.807) is 0 Å². The van der Waals surface area contributed by atoms with Gasteiger partial charge in [0, 0.05) is 6.04 Å². The summed E-state index contributed by atoms with van der Waals surface area (Å²) in [5.41, 5.74) is 1.47. The summed E-state index contributed by atoms with van der Waals surface area (Å²) in [7, 11) is 4.43. The minimum Gasteiger partial charge on any atom is -0.306 e. The van der Waals surface area contributed by atoms with Crippen LogP contribution < -0.4 is 0 Å². The van der Waals surface area contributed by atoms with Crippen molar-refractivity contribution in [1.29, 1.82) is 0 Å². The Balaban J connectivity index is 0.00000400. The molecule has 0 spiro atoms. The number of rotatable bonds is 11. The number of benzene rings is 1. The number of unbranched alkanes of at least 4 members (excludes halogenated alkanes) is 6. The van der Waals surface area contributed by atoms with E-state index >= 15 is 0 Å². The predicted molar refractivity (Wildman–Crippen MR) is 101 cm³/mol. The van der Waals surface area contributed by atoms with Crippen molar-refractivity contribution in [2.75, 3.05) is 14.1 Å². The Morgan fingerprint density at radius 2 is 1.43 bits per heavy atom. The predicted octanol–water partition coefficient (Wildman–Crippen LogP) is 5.88. The molecule has 0 fully saturated rings. The number of hydrogen-bond acceptors (Lipinski definition) is 1. The van der Waals surface area contributed by atoms with Crippen LogP contribution in [-0.4, -0.2) is 25.0 Å². The Morgan fingerprint density at radius 1 is 0.857 bits per heavy atom. The zero-order chi connectivity index (χ0) is 14.6. The van der Waals surface area contributed by atoms with Gasteiger partial charge in [-0.15, -0.1) is 17.0 Å². The normalized spacial score (nSPS) is 12.2. The summed E-state index contributed by atoms with van der Waals surface area (Å²) in [6.07, 6.45) is 12.3. The minimum absolute atomic E-state index is 0. The average molecular weight is 356 g/mol. The highest BCUT2D eigenvalue weighted by atomic mass is 79.9. The van der Waals surface area contributed by atoms with Gasteiger partial charge in [0.25, 0.3) is 0 Å². The maximum Gasteiger partial charge on any atom is 0.0130 e. The Kier molecular flexibility index (Phi) is 13.1. The van der Waals surface area contributed by atoms with Gasteiger partial charge in [-0.05, 0) is 32.5 Å². The van der Waals surface area contributed by atoms with Gasteiger partial charge in [0.2, 0.25) is 0 Å². The molecule has 0 bridgehead atoms. The first-order valence-electron chi connectivity index (χ1n) is 8.44. The second-order valence-electron chi connectivity index (χ2n) is 6.22. The van der Waals surface area contributed by atoms with E-state index in [0.717, 1.165) is 0 Å². The minimum atomic E-state index is 0. The highest BCUT2D eigenvalue weighted by Gasteiger charge is 2.11. The molecular formula is C19H34BrN. The second-order valence-corrected chi connectivity index (χ2v) is 6.22. The van der Waals surface area contributed by atoms with Gasteiger partial charge in [0.1, 0.15) is 0 Å². The molecule has 0 aliphatic carbocycles. The summed E-state index contributed by atoms with van der Waals surface area (Å²) in [5.74, 6) is 0. The largest absolute Gasteiger partial charge is 0.306 e. The van der Waals surface area contributed by atoms with Crippen molar-refractivity contribution in [3.8, 4) is 0 Å². The fraction of sp³-hybridized carbons (Fsp3) is 0.684. The highest BCUT2D eigenvalue weighted by molar-refractivity contribution is 8.93. The SMILES string of the molecule is Br.CCCCCCCCCC(Cc1ccccc1)N(C)C. The van der Waals surface area contributed by atoms with Gasteiger partial charge in [-0.1, -0.05) is 82.2 Å². The Hall–Kier alpha value is -0.340. The third kappa shape index (κ3) is 10.1. The van der Waals surface area contributed by atoms with E-state index in [2.05, 4.69) is 56.3 Å². The lowest BCUT2D eigenvalue weighted by molar-refractivity contribution is 0.269. The molecule has 1 aromatic rings. The molecule has 122 valence electrons. The summed E-state index contributed by atoms with van der Waals surface area (Å²) in [6.45, 7) is 2.28. The molecule has 0 N–H and O–H groups in total. The Bertz CT molecular complexity index is 324. The van der Waals surface area contributed by atoms with Crippen LogP contribution >= 0.6 is 17.0 Å². The lowest BCUT2D eigenvalue weighted by Crippen LogP contribution is -2.30. The molecule has 0 aromatic heterocycles. The van der Waals surface area contributed by atoms with Crippen LogP contribution in [0.25, 0.3) is 0 Å². The highest BCUT2D eigenvalue weighted by Crippen LogP contribution is 2.15. The van der Waals surface area contributed by atoms with Crippen molar-refractivity contribution in [1.82, 2.24) is 4.90 Å². The van der Waals surface area contributed by atoms with Crippen LogP contribution in [0.1, 0.15) is 63.9 Å². The monoisotopic (exact) mass is 355 g/mol. The van der Waals surface area contributed by atoms with Crippen molar-refractivity contribution >= 4 is 17.0 Å². The number of likely N-dealkylation sites (N-methyl/N-ethyl adjacent to an activating group) is 1. The van der Waals surface area contributed by atoms with Gasteiger partial charge >= 0.3 is 0 Å². The Labute approximate surface area is 142 Å². The molecule has 0 heterocycles. The molecule has 1 nitrogen and oxygen atoms in total. The van der Waals surface area contributed by atoms with Crippen molar-refractivity contribution in [3.05, 3.63) is 35.9 Å². The molecule has 0 saturated heterocycles. The maximum atomic E-state index is 2.39. The molecule has 2 heteroatoms. The molecule has 0 radical (unpaired) electrons. The molecule has 0 amide bonds. The zero-order valence-corrected chi connectivity index (χ0v) is 15.9. The van der Waals surface area contributed by atoms with E-state index in [0.29, 0.717) is 6.04 Å². The summed E-state index contributed by atoms with van der Waals surface area (Å²) >= 11 is 0. The van der Waals surface area contributed by atoms with Crippen LogP contribution in [0.15, 0.2) is 30.3 Å². The maximum absolute atomic E-state index is 2.39. The van der Waals surface area contributed by atoms with Crippen LogP contribution in [0.2, 0.25) is 0 Å². The molecule has 1 aromatic carbocycles. The first-order valence-corrected chi connectivity index (χ1v) is 8.44. The third-order valence-electron chi connectivity index (χ3n) is 4.19. The van der Waals surface area contributed by atoms with Gasteiger partial charge in [-0.3, -0.25) is 0 Å². The van der Waals surface area contributed by atoms with Crippen molar-refractivity contribution < 1.29 is 0 Å². The van der Waals surface area contributed by atoms with Gasteiger partial charge in [-0.25, -0.2) is 0 Å². The van der Waals surface area contributed by atoms with Crippen LogP contribution in [0.3, 0.4) is 0 Å². The zero-order valence-electron chi connectivity index (χ0n) is 14.2. The average Bonchev–Trinajstić information content (AvgIpc) is 2.46. The van der Waals surface area contributed by atoms with Gasteiger partial charge < -0.3 is 4.90 Å². The summed E-state index contributed by atoms with van der Waals surface area (Å²) in [5, 5.41) is 0. The van der Waals surface area contributed by atoms with Crippen LogP contribution in [-0.2, 0) is 6.42 Å². The summed E-state index contributed by atoms with van der Waals surface area (Å²) in [6, 6.07) is 11.6. The molecule has 0 aliphatic rings. The van der Waals surface area contributed by atoms with E-state index in [1.165, 1.54) is 63.4 Å². The fourth-order valence-corrected chi connectivity index (χ4v) is 2.77.